The van der Waals surface area contributed by atoms with Crippen LogP contribution in [-0.4, -0.2) is 69.5 Å². The third-order valence-electron chi connectivity index (χ3n) is 5.22. The first-order valence-corrected chi connectivity index (χ1v) is 10.4. The predicted molar refractivity (Wildman–Crippen MR) is 111 cm³/mol. The van der Waals surface area contributed by atoms with E-state index < -0.39 is 0 Å². The Bertz CT molecular complexity index is 594. The summed E-state index contributed by atoms with van der Waals surface area (Å²) in [6.07, 6.45) is 2.54. The fraction of sp³-hybridized carbons (Fsp3) is 0.667. The van der Waals surface area contributed by atoms with Crippen molar-refractivity contribution in [3.05, 3.63) is 29.8 Å². The smallest absolute Gasteiger partial charge is 0.194 e. The Morgan fingerprint density at radius 3 is 2.59 bits per heavy atom. The van der Waals surface area contributed by atoms with Crippen LogP contribution in [0.1, 0.15) is 32.3 Å². The van der Waals surface area contributed by atoms with E-state index in [1.807, 2.05) is 0 Å². The van der Waals surface area contributed by atoms with Crippen LogP contribution in [0.25, 0.3) is 0 Å². The first-order valence-electron chi connectivity index (χ1n) is 10.4. The van der Waals surface area contributed by atoms with E-state index in [-0.39, 0.29) is 0 Å². The largest absolute Gasteiger partial charge is 0.378 e. The SMILES string of the molecule is CCNC(=NCc1ccccc1N1CCOCC1)N1CCC(OCC)CC1. The highest BCUT2D eigenvalue weighted by molar-refractivity contribution is 5.80. The van der Waals surface area contributed by atoms with Gasteiger partial charge in [0.2, 0.25) is 0 Å². The number of hydrogen-bond acceptors (Lipinski definition) is 4. The number of rotatable bonds is 6. The summed E-state index contributed by atoms with van der Waals surface area (Å²) >= 11 is 0. The molecule has 6 heteroatoms. The molecular weight excluding hydrogens is 340 g/mol. The fourth-order valence-electron chi connectivity index (χ4n) is 3.81. The van der Waals surface area contributed by atoms with E-state index in [9.17, 15) is 0 Å². The molecule has 2 aliphatic heterocycles. The number of piperidine rings is 1. The number of ether oxygens (including phenoxy) is 2. The third kappa shape index (κ3) is 5.59. The molecule has 0 bridgehead atoms. The van der Waals surface area contributed by atoms with Gasteiger partial charge in [-0.1, -0.05) is 18.2 Å². The zero-order valence-electron chi connectivity index (χ0n) is 16.8. The van der Waals surface area contributed by atoms with Gasteiger partial charge in [0.1, 0.15) is 0 Å². The van der Waals surface area contributed by atoms with E-state index >= 15 is 0 Å². The maximum Gasteiger partial charge on any atom is 0.194 e. The second-order valence-electron chi connectivity index (χ2n) is 7.04. The summed E-state index contributed by atoms with van der Waals surface area (Å²) in [5, 5.41) is 3.47. The number of morpholine rings is 1. The molecule has 3 rings (SSSR count). The van der Waals surface area contributed by atoms with Crippen LogP contribution >= 0.6 is 0 Å². The molecule has 0 spiro atoms. The summed E-state index contributed by atoms with van der Waals surface area (Å²) in [6.45, 7) is 12.1. The van der Waals surface area contributed by atoms with Gasteiger partial charge in [0.15, 0.2) is 5.96 Å². The molecule has 2 aliphatic rings. The lowest BCUT2D eigenvalue weighted by Crippen LogP contribution is -2.47. The molecule has 0 aromatic heterocycles. The van der Waals surface area contributed by atoms with E-state index in [0.29, 0.717) is 12.6 Å². The Morgan fingerprint density at radius 2 is 1.89 bits per heavy atom. The van der Waals surface area contributed by atoms with Crippen molar-refractivity contribution in [3.63, 3.8) is 0 Å². The van der Waals surface area contributed by atoms with Crippen molar-refractivity contribution >= 4 is 11.6 Å². The molecule has 27 heavy (non-hydrogen) atoms. The average molecular weight is 375 g/mol. The molecule has 2 saturated heterocycles. The molecule has 1 N–H and O–H groups in total. The van der Waals surface area contributed by atoms with E-state index in [1.165, 1.54) is 11.3 Å². The number of likely N-dealkylation sites (tertiary alicyclic amines) is 1. The number of nitrogens with one attached hydrogen (secondary N) is 1. The number of anilines is 1. The molecule has 0 unspecified atom stereocenters. The lowest BCUT2D eigenvalue weighted by Gasteiger charge is -2.34. The van der Waals surface area contributed by atoms with Crippen LogP contribution in [0.4, 0.5) is 5.69 Å². The zero-order valence-corrected chi connectivity index (χ0v) is 16.8. The highest BCUT2D eigenvalue weighted by Gasteiger charge is 2.22. The Hall–Kier alpha value is -1.79. The average Bonchev–Trinajstić information content (AvgIpc) is 2.73. The van der Waals surface area contributed by atoms with Crippen molar-refractivity contribution < 1.29 is 9.47 Å². The van der Waals surface area contributed by atoms with Gasteiger partial charge in [0, 0.05) is 45.0 Å². The van der Waals surface area contributed by atoms with Gasteiger partial charge in [-0.2, -0.15) is 0 Å². The van der Waals surface area contributed by atoms with Crippen LogP contribution in [0.2, 0.25) is 0 Å². The molecule has 0 saturated carbocycles. The maximum absolute atomic E-state index is 5.78. The van der Waals surface area contributed by atoms with Gasteiger partial charge >= 0.3 is 0 Å². The normalized spacial score (nSPS) is 19.4. The lowest BCUT2D eigenvalue weighted by molar-refractivity contribution is 0.0263. The first kappa shape index (κ1) is 20.0. The van der Waals surface area contributed by atoms with Crippen LogP contribution in [0.15, 0.2) is 29.3 Å². The van der Waals surface area contributed by atoms with Gasteiger partial charge in [-0.25, -0.2) is 4.99 Å². The number of para-hydroxylation sites is 1. The van der Waals surface area contributed by atoms with E-state index in [1.54, 1.807) is 0 Å². The maximum atomic E-state index is 5.78. The van der Waals surface area contributed by atoms with E-state index in [4.69, 9.17) is 14.5 Å². The van der Waals surface area contributed by atoms with Crippen molar-refractivity contribution in [2.45, 2.75) is 39.3 Å². The first-order chi connectivity index (χ1) is 13.3. The molecular formula is C21H34N4O2. The highest BCUT2D eigenvalue weighted by Crippen LogP contribution is 2.22. The monoisotopic (exact) mass is 374 g/mol. The van der Waals surface area contributed by atoms with Gasteiger partial charge in [0.05, 0.1) is 25.9 Å². The molecule has 0 radical (unpaired) electrons. The van der Waals surface area contributed by atoms with Crippen molar-refractivity contribution in [3.8, 4) is 0 Å². The van der Waals surface area contributed by atoms with Crippen molar-refractivity contribution in [2.75, 3.05) is 57.4 Å². The second-order valence-corrected chi connectivity index (χ2v) is 7.04. The van der Waals surface area contributed by atoms with Crippen LogP contribution < -0.4 is 10.2 Å². The van der Waals surface area contributed by atoms with E-state index in [2.05, 4.69) is 53.2 Å². The number of nitrogens with zero attached hydrogens (tertiary/aromatic N) is 3. The van der Waals surface area contributed by atoms with Crippen LogP contribution in [-0.2, 0) is 16.0 Å². The molecule has 6 nitrogen and oxygen atoms in total. The summed E-state index contributed by atoms with van der Waals surface area (Å²) in [4.78, 5) is 9.75. The molecule has 2 heterocycles. The molecule has 2 fully saturated rings. The van der Waals surface area contributed by atoms with Gasteiger partial charge in [-0.05, 0) is 38.3 Å². The van der Waals surface area contributed by atoms with Gasteiger partial charge < -0.3 is 24.6 Å². The van der Waals surface area contributed by atoms with Crippen LogP contribution in [0, 0.1) is 0 Å². The molecule has 1 aromatic rings. The Labute approximate surface area is 163 Å². The third-order valence-corrected chi connectivity index (χ3v) is 5.22. The highest BCUT2D eigenvalue weighted by atomic mass is 16.5. The molecule has 150 valence electrons. The van der Waals surface area contributed by atoms with Crippen LogP contribution in [0.3, 0.4) is 0 Å². The fourth-order valence-corrected chi connectivity index (χ4v) is 3.81. The summed E-state index contributed by atoms with van der Waals surface area (Å²) in [7, 11) is 0. The molecule has 1 aromatic carbocycles. The molecule has 0 amide bonds. The minimum Gasteiger partial charge on any atom is -0.378 e. The van der Waals surface area contributed by atoms with Gasteiger partial charge in [-0.3, -0.25) is 0 Å². The number of guanidine groups is 1. The van der Waals surface area contributed by atoms with Crippen LogP contribution in [0.5, 0.6) is 0 Å². The number of hydrogen-bond donors (Lipinski definition) is 1. The van der Waals surface area contributed by atoms with Gasteiger partial charge in [0.25, 0.3) is 0 Å². The summed E-state index contributed by atoms with van der Waals surface area (Å²) < 4.78 is 11.3. The van der Waals surface area contributed by atoms with Crippen molar-refractivity contribution in [2.24, 2.45) is 4.99 Å². The second kappa shape index (κ2) is 10.5. The zero-order chi connectivity index (χ0) is 18.9. The topological polar surface area (TPSA) is 49.3 Å². The van der Waals surface area contributed by atoms with E-state index in [0.717, 1.165) is 71.3 Å². The summed E-state index contributed by atoms with van der Waals surface area (Å²) in [5.41, 5.74) is 2.56. The lowest BCUT2D eigenvalue weighted by atomic mass is 10.1. The Morgan fingerprint density at radius 1 is 1.15 bits per heavy atom. The molecule has 0 aliphatic carbocycles. The van der Waals surface area contributed by atoms with Crippen molar-refractivity contribution in [1.29, 1.82) is 0 Å². The minimum absolute atomic E-state index is 0.399. The summed E-state index contributed by atoms with van der Waals surface area (Å²) in [6, 6.07) is 8.62. The Kier molecular flexibility index (Phi) is 7.78. The minimum atomic E-state index is 0.399. The number of aliphatic imine (C=N–C) groups is 1. The van der Waals surface area contributed by atoms with Gasteiger partial charge in [-0.15, -0.1) is 0 Å². The summed E-state index contributed by atoms with van der Waals surface area (Å²) in [5.74, 6) is 1.02. The number of benzene rings is 1. The quantitative estimate of drug-likeness (QED) is 0.612. The predicted octanol–water partition coefficient (Wildman–Crippen LogP) is 2.49. The standard InChI is InChI=1S/C21H34N4O2/c1-3-22-21(25-11-9-19(10-12-25)27-4-2)23-17-18-7-5-6-8-20(18)24-13-15-26-16-14-24/h5-8,19H,3-4,9-17H2,1-2H3,(H,22,23). The van der Waals surface area contributed by atoms with Crippen molar-refractivity contribution in [1.82, 2.24) is 10.2 Å². The molecule has 0 atom stereocenters. The Balaban J connectivity index is 1.67.